The van der Waals surface area contributed by atoms with Crippen LogP contribution in [0, 0.1) is 6.92 Å². The summed E-state index contributed by atoms with van der Waals surface area (Å²) in [6.45, 7) is 5.74. The number of ether oxygens (including phenoxy) is 2. The Morgan fingerprint density at radius 2 is 1.79 bits per heavy atom. The first-order valence-electron chi connectivity index (χ1n) is 9.78. The van der Waals surface area contributed by atoms with Gasteiger partial charge in [-0.05, 0) is 43.7 Å². The van der Waals surface area contributed by atoms with Gasteiger partial charge in [-0.1, -0.05) is 23.8 Å². The van der Waals surface area contributed by atoms with Gasteiger partial charge in [-0.25, -0.2) is 0 Å². The number of rotatable bonds is 8. The van der Waals surface area contributed by atoms with Gasteiger partial charge in [0.2, 0.25) is 6.79 Å². The molecule has 29 heavy (non-hydrogen) atoms. The monoisotopic (exact) mass is 398 g/mol. The highest BCUT2D eigenvalue weighted by Gasteiger charge is 2.20. The van der Waals surface area contributed by atoms with E-state index in [1.165, 1.54) is 0 Å². The molecule has 1 unspecified atom stereocenters. The summed E-state index contributed by atoms with van der Waals surface area (Å²) < 4.78 is 10.7. The highest BCUT2D eigenvalue weighted by molar-refractivity contribution is 5.91. The normalized spacial score (nSPS) is 13.1. The maximum atomic E-state index is 12.7. The summed E-state index contributed by atoms with van der Waals surface area (Å²) in [5.41, 5.74) is 2.88. The number of amides is 2. The summed E-state index contributed by atoms with van der Waals surface area (Å²) >= 11 is 0. The van der Waals surface area contributed by atoms with Gasteiger partial charge < -0.3 is 24.6 Å². The number of aryl methyl sites for hydroxylation is 1. The van der Waals surface area contributed by atoms with Crippen molar-refractivity contribution in [2.24, 2.45) is 0 Å². The fraction of sp³-hybridized carbons (Fsp3) is 0.364. The zero-order valence-corrected chi connectivity index (χ0v) is 17.2. The summed E-state index contributed by atoms with van der Waals surface area (Å²) in [6, 6.07) is 13.4. The van der Waals surface area contributed by atoms with Crippen LogP contribution in [0.4, 0.5) is 5.69 Å². The molecule has 1 aliphatic rings. The van der Waals surface area contributed by atoms with Gasteiger partial charge in [-0.15, -0.1) is 0 Å². The largest absolute Gasteiger partial charge is 0.454 e. The predicted octanol–water partition coefficient (Wildman–Crippen LogP) is 1.23. The van der Waals surface area contributed by atoms with Gasteiger partial charge in [-0.2, -0.15) is 0 Å². The van der Waals surface area contributed by atoms with Crippen LogP contribution >= 0.6 is 0 Å². The number of hydrogen-bond donors (Lipinski definition) is 2. The number of carbonyl (C=O) groups is 2. The maximum Gasteiger partial charge on any atom is 0.279 e. The number of hydrogen-bond acceptors (Lipinski definition) is 4. The molecule has 2 aromatic rings. The number of fused-ring (bicyclic) bond motifs is 1. The Morgan fingerprint density at radius 3 is 2.52 bits per heavy atom. The topological polar surface area (TPSA) is 72.3 Å². The third-order valence-corrected chi connectivity index (χ3v) is 4.80. The van der Waals surface area contributed by atoms with Crippen molar-refractivity contribution in [1.29, 1.82) is 0 Å². The van der Waals surface area contributed by atoms with Gasteiger partial charge in [0.1, 0.15) is 0 Å². The maximum absolute atomic E-state index is 12.7. The van der Waals surface area contributed by atoms with Crippen molar-refractivity contribution in [2.45, 2.75) is 20.4 Å². The second kappa shape index (κ2) is 9.43. The summed E-state index contributed by atoms with van der Waals surface area (Å²) in [7, 11) is 1.85. The summed E-state index contributed by atoms with van der Waals surface area (Å²) in [4.78, 5) is 27.6. The molecule has 0 spiro atoms. The van der Waals surface area contributed by atoms with E-state index in [9.17, 15) is 9.59 Å². The Labute approximate surface area is 171 Å². The van der Waals surface area contributed by atoms with Crippen molar-refractivity contribution >= 4 is 17.5 Å². The van der Waals surface area contributed by atoms with E-state index in [0.717, 1.165) is 27.5 Å². The molecule has 7 heteroatoms. The van der Waals surface area contributed by atoms with Crippen LogP contribution in [0.5, 0.6) is 11.5 Å². The first kappa shape index (κ1) is 20.7. The van der Waals surface area contributed by atoms with E-state index in [4.69, 9.17) is 9.47 Å². The number of quaternary nitrogens is 1. The quantitative estimate of drug-likeness (QED) is 0.702. The van der Waals surface area contributed by atoms with Gasteiger partial charge in [-0.3, -0.25) is 9.59 Å². The lowest BCUT2D eigenvalue weighted by Gasteiger charge is -2.23. The Bertz CT molecular complexity index is 867. The number of anilines is 1. The summed E-state index contributed by atoms with van der Waals surface area (Å²) in [5.74, 6) is 1.33. The van der Waals surface area contributed by atoms with Crippen molar-refractivity contribution in [3.8, 4) is 11.5 Å². The van der Waals surface area contributed by atoms with E-state index < -0.39 is 0 Å². The Hall–Kier alpha value is -3.06. The molecule has 7 nitrogen and oxygen atoms in total. The lowest BCUT2D eigenvalue weighted by molar-refractivity contribution is -0.862. The minimum atomic E-state index is -0.113. The van der Waals surface area contributed by atoms with Gasteiger partial charge in [0.15, 0.2) is 24.6 Å². The second-order valence-electron chi connectivity index (χ2n) is 7.32. The Kier molecular flexibility index (Phi) is 6.72. The molecular formula is C22H28N3O4+. The molecule has 2 amide bonds. The zero-order valence-electron chi connectivity index (χ0n) is 17.2. The molecule has 0 radical (unpaired) electrons. The van der Waals surface area contributed by atoms with Crippen LogP contribution in [0.25, 0.3) is 0 Å². The fourth-order valence-corrected chi connectivity index (χ4v) is 3.18. The minimum absolute atomic E-state index is 0.00537. The molecule has 0 saturated heterocycles. The van der Waals surface area contributed by atoms with Crippen molar-refractivity contribution in [2.75, 3.05) is 38.8 Å². The summed E-state index contributed by atoms with van der Waals surface area (Å²) in [5, 5.41) is 2.87. The molecule has 0 aliphatic carbocycles. The van der Waals surface area contributed by atoms with Crippen molar-refractivity contribution in [1.82, 2.24) is 4.90 Å². The highest BCUT2D eigenvalue weighted by Crippen LogP contribution is 2.32. The van der Waals surface area contributed by atoms with Crippen molar-refractivity contribution in [3.63, 3.8) is 0 Å². The fourth-order valence-electron chi connectivity index (χ4n) is 3.18. The smallest absolute Gasteiger partial charge is 0.279 e. The average molecular weight is 398 g/mol. The molecular weight excluding hydrogens is 370 g/mol. The van der Waals surface area contributed by atoms with Crippen LogP contribution in [0.15, 0.2) is 42.5 Å². The van der Waals surface area contributed by atoms with E-state index in [-0.39, 0.29) is 31.7 Å². The van der Waals surface area contributed by atoms with Gasteiger partial charge in [0.05, 0.1) is 7.05 Å². The van der Waals surface area contributed by atoms with Gasteiger partial charge in [0, 0.05) is 18.8 Å². The van der Waals surface area contributed by atoms with E-state index in [1.54, 1.807) is 4.90 Å². The standard InChI is InChI=1S/C22H27N3O4/c1-4-25(12-17-7-10-19-20(11-17)29-15-28-19)22(27)14-24(3)13-21(26)23-18-8-5-16(2)6-9-18/h5-11H,4,12-15H2,1-3H3,(H,23,26)/p+1. The number of nitrogens with zero attached hydrogens (tertiary/aromatic N) is 1. The van der Waals surface area contributed by atoms with Crippen LogP contribution < -0.4 is 19.7 Å². The number of carbonyl (C=O) groups excluding carboxylic acids is 2. The highest BCUT2D eigenvalue weighted by atomic mass is 16.7. The zero-order chi connectivity index (χ0) is 20.8. The first-order valence-corrected chi connectivity index (χ1v) is 9.78. The third kappa shape index (κ3) is 5.71. The molecule has 3 rings (SSSR count). The van der Waals surface area contributed by atoms with E-state index in [0.29, 0.717) is 18.8 Å². The second-order valence-corrected chi connectivity index (χ2v) is 7.32. The molecule has 1 heterocycles. The molecule has 0 bridgehead atoms. The van der Waals surface area contributed by atoms with E-state index in [1.807, 2.05) is 63.4 Å². The number of nitrogens with one attached hydrogen (secondary N) is 2. The van der Waals surface area contributed by atoms with Gasteiger partial charge >= 0.3 is 0 Å². The molecule has 1 aliphatic heterocycles. The van der Waals surface area contributed by atoms with Crippen molar-refractivity contribution < 1.29 is 24.0 Å². The lowest BCUT2D eigenvalue weighted by atomic mass is 10.2. The Morgan fingerprint density at radius 1 is 1.07 bits per heavy atom. The minimum Gasteiger partial charge on any atom is -0.454 e. The molecule has 0 fully saturated rings. The molecule has 0 aromatic heterocycles. The predicted molar refractivity (Wildman–Crippen MR) is 110 cm³/mol. The Balaban J connectivity index is 1.50. The molecule has 1 atom stereocenters. The van der Waals surface area contributed by atoms with Crippen LogP contribution in [0.3, 0.4) is 0 Å². The lowest BCUT2D eigenvalue weighted by Crippen LogP contribution is -3.11. The summed E-state index contributed by atoms with van der Waals surface area (Å²) in [6.07, 6.45) is 0. The van der Waals surface area contributed by atoms with Gasteiger partial charge in [0.25, 0.3) is 11.8 Å². The van der Waals surface area contributed by atoms with Crippen molar-refractivity contribution in [3.05, 3.63) is 53.6 Å². The average Bonchev–Trinajstić information content (AvgIpc) is 3.15. The molecule has 2 aromatic carbocycles. The van der Waals surface area contributed by atoms with Crippen LogP contribution in [0.1, 0.15) is 18.1 Å². The van der Waals surface area contributed by atoms with E-state index >= 15 is 0 Å². The molecule has 2 N–H and O–H groups in total. The third-order valence-electron chi connectivity index (χ3n) is 4.80. The SMILES string of the molecule is CCN(Cc1ccc2c(c1)OCO2)C(=O)C[NH+](C)CC(=O)Nc1ccc(C)cc1. The van der Waals surface area contributed by atoms with E-state index in [2.05, 4.69) is 5.32 Å². The van der Waals surface area contributed by atoms with Crippen LogP contribution in [-0.4, -0.2) is 50.2 Å². The van der Waals surface area contributed by atoms with Crippen LogP contribution in [-0.2, 0) is 16.1 Å². The van der Waals surface area contributed by atoms with Crippen LogP contribution in [0.2, 0.25) is 0 Å². The number of benzene rings is 2. The molecule has 0 saturated carbocycles. The first-order chi connectivity index (χ1) is 13.9. The number of likely N-dealkylation sites (N-methyl/N-ethyl adjacent to an activating group) is 2. The molecule has 154 valence electrons.